The first-order valence-electron chi connectivity index (χ1n) is 9.20. The standard InChI is InChI=1S/C20H22ClN3O3S/c1-15-2-8-18(9-3-15)28(25,26)24-19(16-4-6-17(21)7-5-16)14-22-20(24)23-10-12-27-13-11-23/h2-9,19H,10-14H2,1H3. The van der Waals surface area contributed by atoms with Crippen LogP contribution in [-0.4, -0.2) is 56.4 Å². The summed E-state index contributed by atoms with van der Waals surface area (Å²) in [6.07, 6.45) is 0. The van der Waals surface area contributed by atoms with Crippen LogP contribution in [-0.2, 0) is 14.8 Å². The molecule has 0 amide bonds. The second-order valence-corrected chi connectivity index (χ2v) is 9.17. The maximum atomic E-state index is 13.6. The molecule has 0 aromatic heterocycles. The van der Waals surface area contributed by atoms with Crippen molar-refractivity contribution in [1.82, 2.24) is 9.21 Å². The van der Waals surface area contributed by atoms with E-state index in [9.17, 15) is 8.42 Å². The lowest BCUT2D eigenvalue weighted by Gasteiger charge is -2.35. The van der Waals surface area contributed by atoms with E-state index in [-0.39, 0.29) is 4.90 Å². The zero-order valence-electron chi connectivity index (χ0n) is 15.6. The van der Waals surface area contributed by atoms with E-state index < -0.39 is 16.1 Å². The molecular weight excluding hydrogens is 398 g/mol. The molecule has 0 N–H and O–H groups in total. The SMILES string of the molecule is Cc1ccc(S(=O)(=O)N2C(N3CCOCC3)=NCC2c2ccc(Cl)cc2)cc1. The molecule has 1 fully saturated rings. The third-order valence-corrected chi connectivity index (χ3v) is 7.07. The van der Waals surface area contributed by atoms with E-state index in [0.717, 1.165) is 11.1 Å². The highest BCUT2D eigenvalue weighted by atomic mass is 35.5. The zero-order chi connectivity index (χ0) is 19.7. The number of hydrogen-bond donors (Lipinski definition) is 0. The van der Waals surface area contributed by atoms with E-state index in [2.05, 4.69) is 4.99 Å². The van der Waals surface area contributed by atoms with Gasteiger partial charge in [0.1, 0.15) is 0 Å². The van der Waals surface area contributed by atoms with Gasteiger partial charge in [0.2, 0.25) is 5.96 Å². The van der Waals surface area contributed by atoms with Crippen LogP contribution in [0.15, 0.2) is 58.4 Å². The van der Waals surface area contributed by atoms with Crippen LogP contribution in [0.2, 0.25) is 5.02 Å². The molecule has 1 unspecified atom stereocenters. The molecule has 0 saturated carbocycles. The van der Waals surface area contributed by atoms with E-state index in [1.165, 1.54) is 4.31 Å². The van der Waals surface area contributed by atoms with Gasteiger partial charge in [-0.3, -0.25) is 0 Å². The largest absolute Gasteiger partial charge is 0.378 e. The molecule has 0 bridgehead atoms. The number of ether oxygens (including phenoxy) is 1. The maximum Gasteiger partial charge on any atom is 0.267 e. The van der Waals surface area contributed by atoms with Crippen molar-refractivity contribution in [3.05, 3.63) is 64.7 Å². The molecule has 2 aromatic rings. The lowest BCUT2D eigenvalue weighted by Crippen LogP contribution is -2.49. The molecule has 2 heterocycles. The first-order valence-corrected chi connectivity index (χ1v) is 11.0. The Bertz CT molecular complexity index is 969. The molecular formula is C20H22ClN3O3S. The van der Waals surface area contributed by atoms with Gasteiger partial charge in [0.05, 0.1) is 30.7 Å². The number of aryl methyl sites for hydroxylation is 1. The van der Waals surface area contributed by atoms with Gasteiger partial charge in [-0.05, 0) is 36.8 Å². The predicted octanol–water partition coefficient (Wildman–Crippen LogP) is 3.08. The number of benzene rings is 2. The van der Waals surface area contributed by atoms with Crippen molar-refractivity contribution >= 4 is 27.6 Å². The van der Waals surface area contributed by atoms with Crippen LogP contribution in [0.1, 0.15) is 17.2 Å². The fourth-order valence-electron chi connectivity index (χ4n) is 3.48. The lowest BCUT2D eigenvalue weighted by atomic mass is 10.1. The number of morpholine rings is 1. The van der Waals surface area contributed by atoms with Crippen LogP contribution in [0.3, 0.4) is 0 Å². The summed E-state index contributed by atoms with van der Waals surface area (Å²) in [5.41, 5.74) is 1.88. The Kier molecular flexibility index (Phi) is 5.31. The molecule has 8 heteroatoms. The molecule has 1 atom stereocenters. The molecule has 0 spiro atoms. The topological polar surface area (TPSA) is 62.2 Å². The monoisotopic (exact) mass is 419 g/mol. The second kappa shape index (κ2) is 7.73. The molecule has 28 heavy (non-hydrogen) atoms. The average Bonchev–Trinajstić information content (AvgIpc) is 3.16. The van der Waals surface area contributed by atoms with Crippen LogP contribution in [0.5, 0.6) is 0 Å². The quantitative estimate of drug-likeness (QED) is 0.767. The summed E-state index contributed by atoms with van der Waals surface area (Å²) < 4.78 is 34.1. The Balaban J connectivity index is 1.76. The number of nitrogens with zero attached hydrogens (tertiary/aromatic N) is 3. The number of guanidine groups is 1. The summed E-state index contributed by atoms with van der Waals surface area (Å²) in [5.74, 6) is 0.490. The van der Waals surface area contributed by atoms with E-state index in [4.69, 9.17) is 16.3 Å². The molecule has 148 valence electrons. The minimum Gasteiger partial charge on any atom is -0.378 e. The normalized spacial score (nSPS) is 20.4. The Morgan fingerprint density at radius 2 is 1.68 bits per heavy atom. The van der Waals surface area contributed by atoms with Gasteiger partial charge in [0, 0.05) is 18.1 Å². The Hall–Kier alpha value is -2.09. The first kappa shape index (κ1) is 19.2. The van der Waals surface area contributed by atoms with E-state index in [0.29, 0.717) is 43.8 Å². The van der Waals surface area contributed by atoms with E-state index >= 15 is 0 Å². The highest BCUT2D eigenvalue weighted by Gasteiger charge is 2.41. The summed E-state index contributed by atoms with van der Waals surface area (Å²) >= 11 is 6.02. The van der Waals surface area contributed by atoms with Crippen molar-refractivity contribution in [2.75, 3.05) is 32.8 Å². The molecule has 1 saturated heterocycles. The third kappa shape index (κ3) is 3.62. The Morgan fingerprint density at radius 3 is 2.32 bits per heavy atom. The van der Waals surface area contributed by atoms with Crippen LogP contribution < -0.4 is 0 Å². The average molecular weight is 420 g/mol. The Labute approximate surface area is 170 Å². The van der Waals surface area contributed by atoms with Gasteiger partial charge in [-0.25, -0.2) is 17.7 Å². The van der Waals surface area contributed by atoms with Gasteiger partial charge in [-0.15, -0.1) is 0 Å². The van der Waals surface area contributed by atoms with Crippen molar-refractivity contribution in [3.8, 4) is 0 Å². The molecule has 2 aliphatic heterocycles. The summed E-state index contributed by atoms with van der Waals surface area (Å²) in [4.78, 5) is 6.89. The van der Waals surface area contributed by atoms with Crippen molar-refractivity contribution in [1.29, 1.82) is 0 Å². The molecule has 4 rings (SSSR count). The van der Waals surface area contributed by atoms with Gasteiger partial charge < -0.3 is 9.64 Å². The van der Waals surface area contributed by atoms with Crippen molar-refractivity contribution < 1.29 is 13.2 Å². The van der Waals surface area contributed by atoms with Crippen molar-refractivity contribution in [2.45, 2.75) is 17.9 Å². The highest BCUT2D eigenvalue weighted by molar-refractivity contribution is 7.89. The van der Waals surface area contributed by atoms with Crippen LogP contribution in [0.4, 0.5) is 0 Å². The summed E-state index contributed by atoms with van der Waals surface area (Å²) in [6, 6.07) is 13.8. The predicted molar refractivity (Wildman–Crippen MR) is 109 cm³/mol. The summed E-state index contributed by atoms with van der Waals surface area (Å²) in [5, 5.41) is 0.615. The first-order chi connectivity index (χ1) is 13.5. The molecule has 0 aliphatic carbocycles. The minimum absolute atomic E-state index is 0.264. The molecule has 2 aliphatic rings. The van der Waals surface area contributed by atoms with Crippen molar-refractivity contribution in [3.63, 3.8) is 0 Å². The fourth-order valence-corrected chi connectivity index (χ4v) is 5.22. The third-order valence-electron chi connectivity index (χ3n) is 5.01. The fraction of sp³-hybridized carbons (Fsp3) is 0.350. The molecule has 0 radical (unpaired) electrons. The van der Waals surface area contributed by atoms with Crippen molar-refractivity contribution in [2.24, 2.45) is 4.99 Å². The smallest absolute Gasteiger partial charge is 0.267 e. The van der Waals surface area contributed by atoms with Gasteiger partial charge in [0.25, 0.3) is 10.0 Å². The number of halogens is 1. The molecule has 6 nitrogen and oxygen atoms in total. The molecule has 2 aromatic carbocycles. The highest BCUT2D eigenvalue weighted by Crippen LogP contribution is 2.34. The number of sulfonamides is 1. The van der Waals surface area contributed by atoms with E-state index in [1.807, 2.05) is 36.1 Å². The number of rotatable bonds is 3. The maximum absolute atomic E-state index is 13.6. The second-order valence-electron chi connectivity index (χ2n) is 6.92. The lowest BCUT2D eigenvalue weighted by molar-refractivity contribution is 0.0647. The minimum atomic E-state index is -3.77. The van der Waals surface area contributed by atoms with Crippen LogP contribution in [0.25, 0.3) is 0 Å². The zero-order valence-corrected chi connectivity index (χ0v) is 17.2. The number of hydrogen-bond acceptors (Lipinski definition) is 5. The summed E-state index contributed by atoms with van der Waals surface area (Å²) in [6.45, 7) is 4.66. The van der Waals surface area contributed by atoms with Gasteiger partial charge in [-0.2, -0.15) is 0 Å². The van der Waals surface area contributed by atoms with Crippen LogP contribution in [0, 0.1) is 6.92 Å². The van der Waals surface area contributed by atoms with Gasteiger partial charge in [-0.1, -0.05) is 41.4 Å². The van der Waals surface area contributed by atoms with Gasteiger partial charge >= 0.3 is 0 Å². The Morgan fingerprint density at radius 1 is 1.04 bits per heavy atom. The number of aliphatic imine (C=N–C) groups is 1. The van der Waals surface area contributed by atoms with E-state index in [1.54, 1.807) is 24.3 Å². The van der Waals surface area contributed by atoms with Gasteiger partial charge in [0.15, 0.2) is 0 Å². The summed E-state index contributed by atoms with van der Waals surface area (Å²) in [7, 11) is -3.77. The van der Waals surface area contributed by atoms with Crippen LogP contribution >= 0.6 is 11.6 Å².